The van der Waals surface area contributed by atoms with Crippen molar-refractivity contribution in [3.05, 3.63) is 46.7 Å². The number of nitrogens with zero attached hydrogens (tertiary/aromatic N) is 2. The van der Waals surface area contributed by atoms with Crippen molar-refractivity contribution >= 4 is 24.2 Å². The molecule has 1 heterocycles. The van der Waals surface area contributed by atoms with Crippen molar-refractivity contribution in [3.8, 4) is 11.8 Å². The maximum atomic E-state index is 6.06. The van der Waals surface area contributed by atoms with Gasteiger partial charge in [0, 0.05) is 23.7 Å². The molecule has 16 heavy (non-hydrogen) atoms. The average molecular weight is 249 g/mol. The molecule has 0 bridgehead atoms. The summed E-state index contributed by atoms with van der Waals surface area (Å²) < 4.78 is 1.71. The van der Waals surface area contributed by atoms with Gasteiger partial charge in [0.25, 0.3) is 0 Å². The highest BCUT2D eigenvalue weighted by Crippen LogP contribution is 2.23. The third-order valence-electron chi connectivity index (χ3n) is 2.02. The zero-order valence-corrected chi connectivity index (χ0v) is 10.3. The molecule has 0 N–H and O–H groups in total. The van der Waals surface area contributed by atoms with Crippen LogP contribution in [0.4, 0.5) is 0 Å². The molecule has 0 aliphatic rings. The second kappa shape index (κ2) is 4.65. The van der Waals surface area contributed by atoms with Gasteiger partial charge in [0.05, 0.1) is 5.02 Å². The summed E-state index contributed by atoms with van der Waals surface area (Å²) in [5, 5.41) is 4.74. The summed E-state index contributed by atoms with van der Waals surface area (Å²) in [6.07, 6.45) is 1.85. The Morgan fingerprint density at radius 3 is 2.81 bits per heavy atom. The molecule has 4 heteroatoms. The van der Waals surface area contributed by atoms with Crippen LogP contribution in [0.15, 0.2) is 35.4 Å². The molecule has 0 aliphatic heterocycles. The second-order valence-corrected chi connectivity index (χ2v) is 4.12. The fraction of sp³-hybridized carbons (Fsp3) is 0.0833. The molecule has 1 aromatic carbocycles. The first-order valence-electron chi connectivity index (χ1n) is 4.66. The summed E-state index contributed by atoms with van der Waals surface area (Å²) in [4.78, 5) is 0.731. The number of hydrogen-bond acceptors (Lipinski definition) is 2. The van der Waals surface area contributed by atoms with Crippen LogP contribution >= 0.6 is 24.2 Å². The highest BCUT2D eigenvalue weighted by atomic mass is 35.5. The summed E-state index contributed by atoms with van der Waals surface area (Å²) in [6.45, 7) is 0. The van der Waals surface area contributed by atoms with E-state index in [1.165, 1.54) is 0 Å². The number of halogens is 1. The normalized spacial score (nSPS) is 9.69. The molecule has 0 fully saturated rings. The van der Waals surface area contributed by atoms with Gasteiger partial charge in [-0.05, 0) is 24.1 Å². The van der Waals surface area contributed by atoms with Crippen molar-refractivity contribution < 1.29 is 0 Å². The Bertz CT molecular complexity index is 578. The van der Waals surface area contributed by atoms with Crippen LogP contribution < -0.4 is 0 Å². The van der Waals surface area contributed by atoms with E-state index < -0.39 is 0 Å². The van der Waals surface area contributed by atoms with Crippen LogP contribution in [0.3, 0.4) is 0 Å². The van der Waals surface area contributed by atoms with E-state index in [1.54, 1.807) is 4.68 Å². The Morgan fingerprint density at radius 2 is 2.12 bits per heavy atom. The lowest BCUT2D eigenvalue weighted by Crippen LogP contribution is -1.87. The molecule has 0 unspecified atom stereocenters. The predicted molar refractivity (Wildman–Crippen MR) is 67.9 cm³/mol. The molecule has 0 radical (unpaired) electrons. The van der Waals surface area contributed by atoms with Gasteiger partial charge >= 0.3 is 0 Å². The van der Waals surface area contributed by atoms with Crippen LogP contribution in [0.1, 0.15) is 11.3 Å². The van der Waals surface area contributed by atoms with Gasteiger partial charge in [-0.15, -0.1) is 12.6 Å². The minimum absolute atomic E-state index is 0.578. The third kappa shape index (κ3) is 2.41. The first-order chi connectivity index (χ1) is 7.66. The number of hydrogen-bond donors (Lipinski definition) is 1. The molecule has 2 rings (SSSR count). The first kappa shape index (κ1) is 11.1. The van der Waals surface area contributed by atoms with Gasteiger partial charge in [0.1, 0.15) is 5.69 Å². The van der Waals surface area contributed by atoms with E-state index in [4.69, 9.17) is 11.6 Å². The summed E-state index contributed by atoms with van der Waals surface area (Å²) in [7, 11) is 1.85. The molecule has 80 valence electrons. The number of thiol groups is 1. The average Bonchev–Trinajstić information content (AvgIpc) is 2.67. The van der Waals surface area contributed by atoms with Gasteiger partial charge in [-0.1, -0.05) is 23.6 Å². The molecular formula is C12H9ClN2S. The SMILES string of the molecule is Cn1ccc(C#Cc2cccc(S)c2Cl)n1. The van der Waals surface area contributed by atoms with Crippen LogP contribution in [-0.2, 0) is 7.05 Å². The van der Waals surface area contributed by atoms with Crippen molar-refractivity contribution in [2.24, 2.45) is 7.05 Å². The van der Waals surface area contributed by atoms with Gasteiger partial charge < -0.3 is 0 Å². The lowest BCUT2D eigenvalue weighted by molar-refractivity contribution is 0.764. The number of benzene rings is 1. The van der Waals surface area contributed by atoms with Gasteiger partial charge in [0.15, 0.2) is 0 Å². The molecule has 0 saturated carbocycles. The van der Waals surface area contributed by atoms with Crippen molar-refractivity contribution in [1.29, 1.82) is 0 Å². The Labute approximate surface area is 105 Å². The molecule has 0 amide bonds. The van der Waals surface area contributed by atoms with Gasteiger partial charge in [-0.25, -0.2) is 0 Å². The van der Waals surface area contributed by atoms with E-state index >= 15 is 0 Å². The van der Waals surface area contributed by atoms with Crippen LogP contribution in [-0.4, -0.2) is 9.78 Å². The van der Waals surface area contributed by atoms with Crippen LogP contribution in [0.25, 0.3) is 0 Å². The molecule has 0 saturated heterocycles. The second-order valence-electron chi connectivity index (χ2n) is 3.26. The first-order valence-corrected chi connectivity index (χ1v) is 5.48. The number of aryl methyl sites for hydroxylation is 1. The zero-order valence-electron chi connectivity index (χ0n) is 8.61. The Hall–Kier alpha value is -1.37. The topological polar surface area (TPSA) is 17.8 Å². The van der Waals surface area contributed by atoms with Crippen LogP contribution in [0, 0.1) is 11.8 Å². The van der Waals surface area contributed by atoms with E-state index in [9.17, 15) is 0 Å². The molecule has 0 spiro atoms. The maximum absolute atomic E-state index is 6.06. The summed E-state index contributed by atoms with van der Waals surface area (Å²) >= 11 is 10.3. The molecule has 1 aromatic heterocycles. The van der Waals surface area contributed by atoms with Crippen molar-refractivity contribution in [2.75, 3.05) is 0 Å². The molecule has 0 aliphatic carbocycles. The summed E-state index contributed by atoms with van der Waals surface area (Å²) in [6, 6.07) is 7.41. The minimum Gasteiger partial charge on any atom is -0.275 e. The fourth-order valence-corrected chi connectivity index (χ4v) is 1.61. The smallest absolute Gasteiger partial charge is 0.135 e. The monoisotopic (exact) mass is 248 g/mol. The van der Waals surface area contributed by atoms with Crippen molar-refractivity contribution in [2.45, 2.75) is 4.90 Å². The Balaban J connectivity index is 2.34. The zero-order chi connectivity index (χ0) is 11.5. The van der Waals surface area contributed by atoms with Gasteiger partial charge in [-0.2, -0.15) is 5.10 Å². The van der Waals surface area contributed by atoms with Gasteiger partial charge in [0.2, 0.25) is 0 Å². The van der Waals surface area contributed by atoms with Crippen molar-refractivity contribution in [3.63, 3.8) is 0 Å². The molecule has 0 atom stereocenters. The lowest BCUT2D eigenvalue weighted by Gasteiger charge is -1.97. The summed E-state index contributed by atoms with van der Waals surface area (Å²) in [5.74, 6) is 5.93. The standard InChI is InChI=1S/C12H9ClN2S/c1-15-8-7-10(14-15)6-5-9-3-2-4-11(16)12(9)13/h2-4,7-8,16H,1H3. The van der Waals surface area contributed by atoms with Crippen LogP contribution in [0.2, 0.25) is 5.02 Å². The lowest BCUT2D eigenvalue weighted by atomic mass is 10.2. The van der Waals surface area contributed by atoms with E-state index in [-0.39, 0.29) is 0 Å². The highest BCUT2D eigenvalue weighted by molar-refractivity contribution is 7.80. The Kier molecular flexibility index (Phi) is 3.23. The van der Waals surface area contributed by atoms with E-state index in [0.717, 1.165) is 16.2 Å². The predicted octanol–water partition coefficient (Wildman–Crippen LogP) is 2.76. The maximum Gasteiger partial charge on any atom is 0.135 e. The number of rotatable bonds is 0. The number of aromatic nitrogens is 2. The van der Waals surface area contributed by atoms with E-state index in [0.29, 0.717) is 5.02 Å². The molecular weight excluding hydrogens is 240 g/mol. The van der Waals surface area contributed by atoms with E-state index in [2.05, 4.69) is 29.6 Å². The molecule has 2 aromatic rings. The minimum atomic E-state index is 0.578. The third-order valence-corrected chi connectivity index (χ3v) is 2.93. The Morgan fingerprint density at radius 1 is 1.31 bits per heavy atom. The fourth-order valence-electron chi connectivity index (χ4n) is 1.23. The highest BCUT2D eigenvalue weighted by Gasteiger charge is 1.99. The summed E-state index contributed by atoms with van der Waals surface area (Å²) in [5.41, 5.74) is 1.49. The quantitative estimate of drug-likeness (QED) is 0.561. The van der Waals surface area contributed by atoms with Gasteiger partial charge in [-0.3, -0.25) is 4.68 Å². The molecule has 2 nitrogen and oxygen atoms in total. The van der Waals surface area contributed by atoms with Crippen molar-refractivity contribution in [1.82, 2.24) is 9.78 Å². The van der Waals surface area contributed by atoms with E-state index in [1.807, 2.05) is 37.5 Å². The van der Waals surface area contributed by atoms with Crippen LogP contribution in [0.5, 0.6) is 0 Å². The largest absolute Gasteiger partial charge is 0.275 e.